The summed E-state index contributed by atoms with van der Waals surface area (Å²) in [5.74, 6) is 0.630. The van der Waals surface area contributed by atoms with E-state index in [-0.39, 0.29) is 18.4 Å². The van der Waals surface area contributed by atoms with Gasteiger partial charge in [-0.25, -0.2) is 0 Å². The molecule has 2 N–H and O–H groups in total. The van der Waals surface area contributed by atoms with Crippen molar-refractivity contribution in [1.82, 2.24) is 10.3 Å². The maximum atomic E-state index is 12.2. The molecule has 1 unspecified atom stereocenters. The predicted molar refractivity (Wildman–Crippen MR) is 89.4 cm³/mol. The van der Waals surface area contributed by atoms with Crippen LogP contribution in [0.1, 0.15) is 24.2 Å². The number of methoxy groups -OCH3 is 1. The first kappa shape index (κ1) is 17.0. The van der Waals surface area contributed by atoms with Gasteiger partial charge >= 0.3 is 0 Å². The molecule has 1 heterocycles. The maximum absolute atomic E-state index is 12.2. The Kier molecular flexibility index (Phi) is 5.71. The third-order valence-corrected chi connectivity index (χ3v) is 3.67. The summed E-state index contributed by atoms with van der Waals surface area (Å²) >= 11 is 0. The quantitative estimate of drug-likeness (QED) is 0.859. The summed E-state index contributed by atoms with van der Waals surface area (Å²) in [6, 6.07) is 9.34. The molecular weight excluding hydrogens is 292 g/mol. The molecule has 0 aliphatic carbocycles. The largest absolute Gasteiger partial charge is 0.497 e. The molecule has 1 aromatic heterocycles. The Hall–Kier alpha value is -2.40. The van der Waals surface area contributed by atoms with Gasteiger partial charge in [0.1, 0.15) is 5.75 Å². The van der Waals surface area contributed by atoms with Crippen molar-refractivity contribution in [2.45, 2.75) is 20.0 Å². The summed E-state index contributed by atoms with van der Waals surface area (Å²) in [4.78, 5) is 16.3. The number of aliphatic hydroxyl groups excluding tert-OH is 1. The number of amides is 1. The fourth-order valence-electron chi connectivity index (χ4n) is 2.04. The highest BCUT2D eigenvalue weighted by atomic mass is 16.5. The highest BCUT2D eigenvalue weighted by molar-refractivity contribution is 5.95. The van der Waals surface area contributed by atoms with Gasteiger partial charge in [0.2, 0.25) is 0 Å². The van der Waals surface area contributed by atoms with Gasteiger partial charge in [0.15, 0.2) is 0 Å². The van der Waals surface area contributed by atoms with E-state index in [2.05, 4.69) is 10.3 Å². The molecule has 1 aromatic carbocycles. The number of aliphatic hydroxyl groups is 1. The predicted octanol–water partition coefficient (Wildman–Crippen LogP) is 2.50. The second kappa shape index (κ2) is 7.74. The summed E-state index contributed by atoms with van der Waals surface area (Å²) in [7, 11) is 1.62. The lowest BCUT2D eigenvalue weighted by molar-refractivity contribution is 0.0871. The molecular formula is C18H22N2O3. The molecule has 0 spiro atoms. The number of rotatable bonds is 6. The Balaban J connectivity index is 2.10. The number of pyridine rings is 1. The first-order chi connectivity index (χ1) is 11.0. The molecule has 0 radical (unpaired) electrons. The van der Waals surface area contributed by atoms with E-state index >= 15 is 0 Å². The molecule has 122 valence electrons. The average Bonchev–Trinajstić information content (AvgIpc) is 2.59. The number of hydrogen-bond acceptors (Lipinski definition) is 4. The standard InChI is InChI=1S/C18H22N2O3/c1-12(2)17(21)11-20-18(22)15-8-14(9-19-10-15)13-4-6-16(23-3)7-5-13/h4-10,12,17,21H,11H2,1-3H3,(H,20,22). The van der Waals surface area contributed by atoms with Crippen LogP contribution in [0, 0.1) is 5.92 Å². The van der Waals surface area contributed by atoms with Gasteiger partial charge < -0.3 is 15.2 Å². The molecule has 0 fully saturated rings. The molecule has 2 aromatic rings. The number of hydrogen-bond donors (Lipinski definition) is 2. The third-order valence-electron chi connectivity index (χ3n) is 3.67. The lowest BCUT2D eigenvalue weighted by atomic mass is 10.1. The van der Waals surface area contributed by atoms with E-state index in [9.17, 15) is 9.90 Å². The number of nitrogens with zero attached hydrogens (tertiary/aromatic N) is 1. The van der Waals surface area contributed by atoms with Crippen LogP contribution in [0.5, 0.6) is 5.75 Å². The summed E-state index contributed by atoms with van der Waals surface area (Å²) in [5.41, 5.74) is 2.27. The van der Waals surface area contributed by atoms with Crippen LogP contribution in [0.3, 0.4) is 0 Å². The van der Waals surface area contributed by atoms with Crippen LogP contribution in [0.15, 0.2) is 42.7 Å². The Labute approximate surface area is 136 Å². The maximum Gasteiger partial charge on any atom is 0.252 e. The zero-order valence-corrected chi connectivity index (χ0v) is 13.6. The number of ether oxygens (including phenoxy) is 1. The molecule has 23 heavy (non-hydrogen) atoms. The van der Waals surface area contributed by atoms with Crippen LogP contribution in [0.2, 0.25) is 0 Å². The second-order valence-corrected chi connectivity index (χ2v) is 5.71. The number of nitrogens with one attached hydrogen (secondary N) is 1. The van der Waals surface area contributed by atoms with Crippen LogP contribution in [0.25, 0.3) is 11.1 Å². The smallest absolute Gasteiger partial charge is 0.252 e. The van der Waals surface area contributed by atoms with E-state index in [1.54, 1.807) is 19.4 Å². The zero-order valence-electron chi connectivity index (χ0n) is 13.6. The lowest BCUT2D eigenvalue weighted by Crippen LogP contribution is -2.34. The zero-order chi connectivity index (χ0) is 16.8. The minimum absolute atomic E-state index is 0.0964. The van der Waals surface area contributed by atoms with E-state index in [1.807, 2.05) is 38.1 Å². The molecule has 5 heteroatoms. The van der Waals surface area contributed by atoms with Gasteiger partial charge in [0.25, 0.3) is 5.91 Å². The molecule has 2 rings (SSSR count). The SMILES string of the molecule is COc1ccc(-c2cncc(C(=O)NCC(O)C(C)C)c2)cc1. The van der Waals surface area contributed by atoms with Crippen molar-refractivity contribution in [3.05, 3.63) is 48.3 Å². The highest BCUT2D eigenvalue weighted by Crippen LogP contribution is 2.22. The van der Waals surface area contributed by atoms with Crippen molar-refractivity contribution in [2.24, 2.45) is 5.92 Å². The molecule has 1 atom stereocenters. The van der Waals surface area contributed by atoms with E-state index in [0.717, 1.165) is 16.9 Å². The Morgan fingerprint density at radius 2 is 1.91 bits per heavy atom. The van der Waals surface area contributed by atoms with Gasteiger partial charge in [0, 0.05) is 24.5 Å². The molecule has 0 aliphatic heterocycles. The van der Waals surface area contributed by atoms with Gasteiger partial charge in [-0.15, -0.1) is 0 Å². The minimum Gasteiger partial charge on any atom is -0.497 e. The van der Waals surface area contributed by atoms with Gasteiger partial charge in [-0.05, 0) is 29.7 Å². The molecule has 0 saturated carbocycles. The van der Waals surface area contributed by atoms with Gasteiger partial charge in [-0.2, -0.15) is 0 Å². The lowest BCUT2D eigenvalue weighted by Gasteiger charge is -2.15. The monoisotopic (exact) mass is 314 g/mol. The normalized spacial score (nSPS) is 12.0. The Morgan fingerprint density at radius 1 is 1.22 bits per heavy atom. The van der Waals surface area contributed by atoms with Crippen molar-refractivity contribution >= 4 is 5.91 Å². The van der Waals surface area contributed by atoms with Crippen LogP contribution < -0.4 is 10.1 Å². The van der Waals surface area contributed by atoms with Crippen LogP contribution in [-0.4, -0.2) is 35.8 Å². The number of carbonyl (C=O) groups is 1. The fraction of sp³-hybridized carbons (Fsp3) is 0.333. The summed E-state index contributed by atoms with van der Waals surface area (Å²) in [5, 5.41) is 12.5. The molecule has 0 bridgehead atoms. The number of carbonyl (C=O) groups excluding carboxylic acids is 1. The van der Waals surface area contributed by atoms with Gasteiger partial charge in [-0.1, -0.05) is 26.0 Å². The third kappa shape index (κ3) is 4.53. The van der Waals surface area contributed by atoms with Crippen LogP contribution >= 0.6 is 0 Å². The Bertz CT molecular complexity index is 654. The van der Waals surface area contributed by atoms with Gasteiger partial charge in [0.05, 0.1) is 18.8 Å². The molecule has 1 amide bonds. The van der Waals surface area contributed by atoms with Crippen LogP contribution in [0.4, 0.5) is 0 Å². The Morgan fingerprint density at radius 3 is 2.52 bits per heavy atom. The van der Waals surface area contributed by atoms with Gasteiger partial charge in [-0.3, -0.25) is 9.78 Å². The van der Waals surface area contributed by atoms with Crippen molar-refractivity contribution in [3.63, 3.8) is 0 Å². The minimum atomic E-state index is -0.559. The van der Waals surface area contributed by atoms with Crippen molar-refractivity contribution < 1.29 is 14.6 Å². The molecule has 0 saturated heterocycles. The summed E-state index contributed by atoms with van der Waals surface area (Å²) < 4.78 is 5.14. The van der Waals surface area contributed by atoms with E-state index in [1.165, 1.54) is 6.20 Å². The van der Waals surface area contributed by atoms with E-state index in [4.69, 9.17) is 4.74 Å². The fourth-order valence-corrected chi connectivity index (χ4v) is 2.04. The highest BCUT2D eigenvalue weighted by Gasteiger charge is 2.13. The van der Waals surface area contributed by atoms with E-state index < -0.39 is 6.10 Å². The first-order valence-electron chi connectivity index (χ1n) is 7.57. The van der Waals surface area contributed by atoms with Crippen LogP contribution in [-0.2, 0) is 0 Å². The average molecular weight is 314 g/mol. The van der Waals surface area contributed by atoms with E-state index in [0.29, 0.717) is 5.56 Å². The summed E-state index contributed by atoms with van der Waals surface area (Å²) in [6.07, 6.45) is 2.67. The summed E-state index contributed by atoms with van der Waals surface area (Å²) in [6.45, 7) is 4.04. The molecule has 5 nitrogen and oxygen atoms in total. The van der Waals surface area contributed by atoms with Crippen molar-refractivity contribution in [3.8, 4) is 16.9 Å². The number of aromatic nitrogens is 1. The number of benzene rings is 1. The van der Waals surface area contributed by atoms with Crippen molar-refractivity contribution in [2.75, 3.05) is 13.7 Å². The molecule has 0 aliphatic rings. The van der Waals surface area contributed by atoms with Crippen molar-refractivity contribution in [1.29, 1.82) is 0 Å². The second-order valence-electron chi connectivity index (χ2n) is 5.71. The topological polar surface area (TPSA) is 71.5 Å². The first-order valence-corrected chi connectivity index (χ1v) is 7.57.